The van der Waals surface area contributed by atoms with Crippen molar-refractivity contribution in [3.63, 3.8) is 0 Å². The molecule has 1 rings (SSSR count). The Balaban J connectivity index is 2.43. The van der Waals surface area contributed by atoms with Crippen LogP contribution in [0.15, 0.2) is 0 Å². The molecule has 5 heteroatoms. The van der Waals surface area contributed by atoms with Crippen LogP contribution in [-0.2, 0) is 4.79 Å². The molecule has 2 N–H and O–H groups in total. The number of carboxylic acids is 1. The van der Waals surface area contributed by atoms with Crippen LogP contribution in [0.25, 0.3) is 0 Å². The van der Waals surface area contributed by atoms with Gasteiger partial charge in [-0.05, 0) is 18.8 Å². The smallest absolute Gasteiger partial charge is 0.317 e. The van der Waals surface area contributed by atoms with Gasteiger partial charge in [0, 0.05) is 19.6 Å². The lowest BCUT2D eigenvalue weighted by Crippen LogP contribution is -2.47. The molecule has 21 heavy (non-hydrogen) atoms. The number of nitrogens with one attached hydrogen (secondary N) is 1. The summed E-state index contributed by atoms with van der Waals surface area (Å²) in [6, 6.07) is -0.0681. The van der Waals surface area contributed by atoms with Crippen molar-refractivity contribution in [3.8, 4) is 0 Å². The van der Waals surface area contributed by atoms with E-state index in [4.69, 9.17) is 5.11 Å². The standard InChI is InChI=1S/C16H30N2O3/c1-11(15(19)20)10-18(4)16(21)17-13(3)12(2)14-8-6-5-7-9-14/h11-14H,5-10H2,1-4H3,(H,17,21)(H,19,20). The van der Waals surface area contributed by atoms with Crippen molar-refractivity contribution < 1.29 is 14.7 Å². The Hall–Kier alpha value is -1.26. The molecule has 1 saturated carbocycles. The maximum atomic E-state index is 12.1. The first kappa shape index (κ1) is 17.8. The molecule has 0 saturated heterocycles. The molecule has 0 aromatic rings. The van der Waals surface area contributed by atoms with Crippen LogP contribution in [0.2, 0.25) is 0 Å². The number of aliphatic carboxylic acids is 1. The van der Waals surface area contributed by atoms with Crippen molar-refractivity contribution in [3.05, 3.63) is 0 Å². The molecule has 0 bridgehead atoms. The number of carbonyl (C=O) groups is 2. The van der Waals surface area contributed by atoms with Crippen molar-refractivity contribution >= 4 is 12.0 Å². The number of amides is 2. The Labute approximate surface area is 128 Å². The Morgan fingerprint density at radius 1 is 1.19 bits per heavy atom. The molecule has 0 radical (unpaired) electrons. The lowest BCUT2D eigenvalue weighted by molar-refractivity contribution is -0.141. The topological polar surface area (TPSA) is 69.6 Å². The second-order valence-electron chi connectivity index (χ2n) is 6.62. The minimum atomic E-state index is -0.877. The second kappa shape index (κ2) is 8.25. The van der Waals surface area contributed by atoms with Crippen molar-refractivity contribution in [1.29, 1.82) is 0 Å². The predicted molar refractivity (Wildman–Crippen MR) is 83.2 cm³/mol. The number of hydrogen-bond donors (Lipinski definition) is 2. The van der Waals surface area contributed by atoms with Gasteiger partial charge in [0.15, 0.2) is 0 Å². The summed E-state index contributed by atoms with van der Waals surface area (Å²) >= 11 is 0. The minimum Gasteiger partial charge on any atom is -0.481 e. The maximum Gasteiger partial charge on any atom is 0.317 e. The molecular weight excluding hydrogens is 268 g/mol. The molecule has 1 aliphatic rings. The van der Waals surface area contributed by atoms with Gasteiger partial charge < -0.3 is 15.3 Å². The minimum absolute atomic E-state index is 0.114. The van der Waals surface area contributed by atoms with Gasteiger partial charge in [0.25, 0.3) is 0 Å². The molecule has 3 atom stereocenters. The molecule has 1 aliphatic carbocycles. The zero-order valence-electron chi connectivity index (χ0n) is 13.8. The van der Waals surface area contributed by atoms with Gasteiger partial charge in [-0.25, -0.2) is 4.79 Å². The van der Waals surface area contributed by atoms with E-state index in [1.165, 1.54) is 37.0 Å². The molecule has 0 heterocycles. The molecule has 0 spiro atoms. The van der Waals surface area contributed by atoms with E-state index in [1.807, 2.05) is 6.92 Å². The van der Waals surface area contributed by atoms with Gasteiger partial charge in [-0.3, -0.25) is 4.79 Å². The highest BCUT2D eigenvalue weighted by atomic mass is 16.4. The normalized spacial score (nSPS) is 20.4. The summed E-state index contributed by atoms with van der Waals surface area (Å²) in [6.07, 6.45) is 6.44. The quantitative estimate of drug-likeness (QED) is 0.792. The predicted octanol–water partition coefficient (Wildman–Crippen LogP) is 2.95. The van der Waals surface area contributed by atoms with Crippen molar-refractivity contribution in [2.24, 2.45) is 17.8 Å². The van der Waals surface area contributed by atoms with E-state index < -0.39 is 11.9 Å². The summed E-state index contributed by atoms with van der Waals surface area (Å²) in [6.45, 7) is 6.10. The molecule has 0 aliphatic heterocycles. The van der Waals surface area contributed by atoms with Crippen LogP contribution in [0.1, 0.15) is 52.9 Å². The molecule has 1 fully saturated rings. The Morgan fingerprint density at radius 3 is 2.29 bits per heavy atom. The van der Waals surface area contributed by atoms with Gasteiger partial charge in [-0.1, -0.05) is 46.0 Å². The van der Waals surface area contributed by atoms with E-state index in [2.05, 4.69) is 12.2 Å². The summed E-state index contributed by atoms with van der Waals surface area (Å²) in [5.74, 6) is -0.276. The first-order valence-corrected chi connectivity index (χ1v) is 8.07. The molecule has 122 valence electrons. The van der Waals surface area contributed by atoms with E-state index in [-0.39, 0.29) is 18.6 Å². The van der Waals surface area contributed by atoms with Crippen molar-refractivity contribution in [2.45, 2.75) is 58.9 Å². The van der Waals surface area contributed by atoms with Crippen LogP contribution in [0, 0.1) is 17.8 Å². The Kier molecular flexibility index (Phi) is 6.99. The highest BCUT2D eigenvalue weighted by Crippen LogP contribution is 2.31. The number of carboxylic acid groups (broad SMARTS) is 1. The third kappa shape index (κ3) is 5.56. The van der Waals surface area contributed by atoms with E-state index in [0.717, 1.165) is 0 Å². The molecule has 5 nitrogen and oxygen atoms in total. The zero-order valence-corrected chi connectivity index (χ0v) is 13.8. The average Bonchev–Trinajstić information content (AvgIpc) is 2.46. The first-order chi connectivity index (χ1) is 9.82. The molecule has 0 aromatic carbocycles. The van der Waals surface area contributed by atoms with Gasteiger partial charge in [0.05, 0.1) is 5.92 Å². The van der Waals surface area contributed by atoms with Crippen molar-refractivity contribution in [1.82, 2.24) is 10.2 Å². The van der Waals surface area contributed by atoms with Crippen LogP contribution >= 0.6 is 0 Å². The van der Waals surface area contributed by atoms with Gasteiger partial charge in [-0.15, -0.1) is 0 Å². The van der Waals surface area contributed by atoms with Gasteiger partial charge >= 0.3 is 12.0 Å². The molecular formula is C16H30N2O3. The van der Waals surface area contributed by atoms with Crippen LogP contribution in [0.5, 0.6) is 0 Å². The maximum absolute atomic E-state index is 12.1. The van der Waals surface area contributed by atoms with Gasteiger partial charge in [0.1, 0.15) is 0 Å². The summed E-state index contributed by atoms with van der Waals surface area (Å²) in [5.41, 5.74) is 0. The van der Waals surface area contributed by atoms with E-state index in [0.29, 0.717) is 11.8 Å². The number of nitrogens with zero attached hydrogens (tertiary/aromatic N) is 1. The fourth-order valence-corrected chi connectivity index (χ4v) is 3.08. The lowest BCUT2D eigenvalue weighted by Gasteiger charge is -2.33. The van der Waals surface area contributed by atoms with Crippen molar-refractivity contribution in [2.75, 3.05) is 13.6 Å². The number of urea groups is 1. The number of carbonyl (C=O) groups excluding carboxylic acids is 1. The largest absolute Gasteiger partial charge is 0.481 e. The Morgan fingerprint density at radius 2 is 1.76 bits per heavy atom. The fraction of sp³-hybridized carbons (Fsp3) is 0.875. The average molecular weight is 298 g/mol. The van der Waals surface area contributed by atoms with Crippen LogP contribution < -0.4 is 5.32 Å². The van der Waals surface area contributed by atoms with Gasteiger partial charge in [-0.2, -0.15) is 0 Å². The number of hydrogen-bond acceptors (Lipinski definition) is 2. The summed E-state index contributed by atoms with van der Waals surface area (Å²) in [5, 5.41) is 11.9. The SMILES string of the molecule is CC(CN(C)C(=O)NC(C)C(C)C1CCCCC1)C(=O)O. The molecule has 2 amide bonds. The zero-order chi connectivity index (χ0) is 16.0. The lowest BCUT2D eigenvalue weighted by atomic mass is 9.78. The van der Waals surface area contributed by atoms with E-state index in [1.54, 1.807) is 14.0 Å². The monoisotopic (exact) mass is 298 g/mol. The summed E-state index contributed by atoms with van der Waals surface area (Å²) in [4.78, 5) is 24.4. The number of rotatable bonds is 6. The van der Waals surface area contributed by atoms with Crippen LogP contribution in [-0.4, -0.2) is 41.6 Å². The third-order valence-electron chi connectivity index (χ3n) is 4.85. The van der Waals surface area contributed by atoms with E-state index in [9.17, 15) is 9.59 Å². The highest BCUT2D eigenvalue weighted by Gasteiger charge is 2.26. The van der Waals surface area contributed by atoms with Crippen LogP contribution in [0.4, 0.5) is 4.79 Å². The van der Waals surface area contributed by atoms with Gasteiger partial charge in [0.2, 0.25) is 0 Å². The second-order valence-corrected chi connectivity index (χ2v) is 6.62. The highest BCUT2D eigenvalue weighted by molar-refractivity contribution is 5.75. The summed E-state index contributed by atoms with van der Waals surface area (Å²) < 4.78 is 0. The molecule has 3 unspecified atom stereocenters. The fourth-order valence-electron chi connectivity index (χ4n) is 3.08. The summed E-state index contributed by atoms with van der Waals surface area (Å²) in [7, 11) is 1.65. The third-order valence-corrected chi connectivity index (χ3v) is 4.85. The first-order valence-electron chi connectivity index (χ1n) is 8.07. The Bertz CT molecular complexity index is 353. The van der Waals surface area contributed by atoms with E-state index >= 15 is 0 Å². The molecule has 0 aromatic heterocycles. The van der Waals surface area contributed by atoms with Crippen LogP contribution in [0.3, 0.4) is 0 Å².